The molecule has 17 nitrogen and oxygen atoms in total. The van der Waals surface area contributed by atoms with Crippen molar-refractivity contribution >= 4 is 0 Å². The minimum absolute atomic E-state index is 0.771. The van der Waals surface area contributed by atoms with E-state index in [1.807, 2.05) is 177 Å². The van der Waals surface area contributed by atoms with Gasteiger partial charge < -0.3 is 5.21 Å². The lowest BCUT2D eigenvalue weighted by atomic mass is 10.2. The SMILES string of the molecule is Cc1cc(C)nc(C)c1.Cc1cc[n+]([O-])cc1.Cc1ccnc(C)c1.Cc1ccnc(C)n1.Cc1ccnc(C)n1.Cc1ccncc1.Cc1ccncc1C.Cc1ccncn1.Cc1cnc(C)c(C)c1.Cc1cnc(C)nc1.Cc1ncccn1. The molecule has 0 unspecified atom stereocenters. The highest BCUT2D eigenvalue weighted by molar-refractivity contribution is 5.22. The van der Waals surface area contributed by atoms with E-state index in [-0.39, 0.29) is 0 Å². The zero-order chi connectivity index (χ0) is 64.9. The number of hydrogen-bond acceptors (Lipinski definition) is 16. The van der Waals surface area contributed by atoms with Crippen molar-refractivity contribution < 1.29 is 4.73 Å². The van der Waals surface area contributed by atoms with Gasteiger partial charge in [0.1, 0.15) is 29.6 Å². The minimum atomic E-state index is 0.771. The molecule has 17 heteroatoms. The third-order valence-electron chi connectivity index (χ3n) is 11.0. The molecule has 0 radical (unpaired) electrons. The van der Waals surface area contributed by atoms with Gasteiger partial charge in [0, 0.05) is 133 Å². The standard InChI is InChI=1S/2C8H11N.2C7H9N.3C6H8N2.C6H7NO.C6H7N.2C5H6N2/c1-6-4-7(2)8(3)9-5-6;1-6-4-7(2)9-8(3)5-6;1-6-3-4-8-5-7(6)2;1-6-3-4-8-7(2)5-6;1-5-3-7-6(2)8-4-5;2*1-5-3-4-7-6(2)8-5;1-6-2-4-7(8)5-3-6;1-6-2-4-7-5-3-6;1-5-2-3-6-4-7-5;1-5-6-3-2-4-7-5/h2*4-5H,1-3H3;2*3-5H,1-2H3;3*3-4H,1-2H3;2-5H,1H3;2-5H,1H3;2*2-4H,1H3. The highest BCUT2D eigenvalue weighted by Gasteiger charge is 1.92. The fourth-order valence-electron chi connectivity index (χ4n) is 6.31. The summed E-state index contributed by atoms with van der Waals surface area (Å²) in [5.41, 5.74) is 18.6. The molecule has 0 aliphatic carbocycles. The van der Waals surface area contributed by atoms with Crippen LogP contribution >= 0.6 is 0 Å². The average Bonchev–Trinajstić information content (AvgIpc) is 3.57. The van der Waals surface area contributed by atoms with Crippen molar-refractivity contribution in [3.05, 3.63) is 303 Å². The first-order valence-corrected chi connectivity index (χ1v) is 28.2. The third-order valence-corrected chi connectivity index (χ3v) is 11.0. The summed E-state index contributed by atoms with van der Waals surface area (Å²) >= 11 is 0. The normalized spacial score (nSPS) is 9.20. The van der Waals surface area contributed by atoms with Crippen LogP contribution in [-0.2, 0) is 0 Å². The topological polar surface area (TPSA) is 220 Å². The van der Waals surface area contributed by atoms with E-state index >= 15 is 0 Å². The summed E-state index contributed by atoms with van der Waals surface area (Å²) in [6, 6.07) is 27.3. The summed E-state index contributed by atoms with van der Waals surface area (Å²) in [7, 11) is 0. The molecule has 0 bridgehead atoms. The van der Waals surface area contributed by atoms with Crippen molar-refractivity contribution in [1.82, 2.24) is 74.8 Å². The Morgan fingerprint density at radius 3 is 1.06 bits per heavy atom. The number of aryl methyl sites for hydroxylation is 20. The Balaban J connectivity index is 0.000000479. The molecule has 0 amide bonds. The van der Waals surface area contributed by atoms with Gasteiger partial charge in [0.25, 0.3) is 0 Å². The van der Waals surface area contributed by atoms with E-state index < -0.39 is 0 Å². The first-order valence-electron chi connectivity index (χ1n) is 28.2. The van der Waals surface area contributed by atoms with E-state index in [0.29, 0.717) is 0 Å². The fourth-order valence-corrected chi connectivity index (χ4v) is 6.31. The van der Waals surface area contributed by atoms with Crippen molar-refractivity contribution in [3.63, 3.8) is 0 Å². The maximum absolute atomic E-state index is 10.3. The van der Waals surface area contributed by atoms with Crippen molar-refractivity contribution in [2.75, 3.05) is 0 Å². The second kappa shape index (κ2) is 44.6. The molecular weight excluding hydrogens is 1080 g/mol. The zero-order valence-corrected chi connectivity index (χ0v) is 54.9. The van der Waals surface area contributed by atoms with Crippen LogP contribution in [0.4, 0.5) is 0 Å². The van der Waals surface area contributed by atoms with Gasteiger partial charge in [-0.15, -0.1) is 0 Å². The molecule has 0 spiro atoms. The lowest BCUT2D eigenvalue weighted by molar-refractivity contribution is -0.605. The maximum atomic E-state index is 10.3. The van der Waals surface area contributed by atoms with Gasteiger partial charge in [-0.05, 0) is 255 Å². The molecule has 87 heavy (non-hydrogen) atoms. The van der Waals surface area contributed by atoms with Crippen molar-refractivity contribution in [1.29, 1.82) is 0 Å². The van der Waals surface area contributed by atoms with E-state index in [0.717, 1.165) is 79.0 Å². The van der Waals surface area contributed by atoms with Gasteiger partial charge in [-0.3, -0.25) is 24.9 Å². The largest absolute Gasteiger partial charge is 0.619 e. The molecule has 0 aliphatic heterocycles. The van der Waals surface area contributed by atoms with E-state index in [2.05, 4.69) is 141 Å². The summed E-state index contributed by atoms with van der Waals surface area (Å²) in [5.74, 6) is 3.33. The van der Waals surface area contributed by atoms with E-state index in [1.54, 1.807) is 61.6 Å². The van der Waals surface area contributed by atoms with E-state index in [4.69, 9.17) is 0 Å². The summed E-state index contributed by atoms with van der Waals surface area (Å²) in [6.07, 6.45) is 27.8. The van der Waals surface area contributed by atoms with Crippen LogP contribution in [0.2, 0.25) is 0 Å². The first-order chi connectivity index (χ1) is 41.3. The van der Waals surface area contributed by atoms with Gasteiger partial charge >= 0.3 is 0 Å². The molecule has 11 aromatic rings. The van der Waals surface area contributed by atoms with Crippen LogP contribution in [0.1, 0.15) is 113 Å². The number of hydrogen-bond donors (Lipinski definition) is 0. The van der Waals surface area contributed by atoms with Gasteiger partial charge in [-0.1, -0.05) is 6.07 Å². The van der Waals surface area contributed by atoms with E-state index in [9.17, 15) is 5.21 Å². The third kappa shape index (κ3) is 41.7. The molecule has 0 saturated carbocycles. The predicted molar refractivity (Wildman–Crippen MR) is 351 cm³/mol. The first kappa shape index (κ1) is 75.1. The summed E-state index contributed by atoms with van der Waals surface area (Å²) in [6.45, 7) is 39.8. The van der Waals surface area contributed by atoms with Crippen molar-refractivity contribution in [2.45, 2.75) is 138 Å². The van der Waals surface area contributed by atoms with Gasteiger partial charge in [0.05, 0.1) is 0 Å². The van der Waals surface area contributed by atoms with Gasteiger partial charge in [0.15, 0.2) is 12.4 Å². The van der Waals surface area contributed by atoms with Crippen LogP contribution in [0.3, 0.4) is 0 Å². The van der Waals surface area contributed by atoms with Crippen LogP contribution in [0, 0.1) is 144 Å². The molecule has 0 aliphatic rings. The molecule has 0 fully saturated rings. The lowest BCUT2D eigenvalue weighted by Gasteiger charge is -1.97. The summed E-state index contributed by atoms with van der Waals surface area (Å²) in [4.78, 5) is 59.5. The van der Waals surface area contributed by atoms with Crippen LogP contribution in [0.15, 0.2) is 184 Å². The monoisotopic (exact) mass is 1170 g/mol. The lowest BCUT2D eigenvalue weighted by Crippen LogP contribution is -2.23. The smallest absolute Gasteiger partial charge is 0.180 e. The van der Waals surface area contributed by atoms with Crippen molar-refractivity contribution in [2.24, 2.45) is 0 Å². The summed E-state index contributed by atoms with van der Waals surface area (Å²) < 4.78 is 0.771. The Bertz CT molecular complexity index is 3140. The van der Waals surface area contributed by atoms with Gasteiger partial charge in [-0.25, -0.2) is 49.8 Å². The maximum Gasteiger partial charge on any atom is 0.180 e. The number of aromatic nitrogens is 16. The minimum Gasteiger partial charge on any atom is -0.619 e. The summed E-state index contributed by atoms with van der Waals surface area (Å²) in [5, 5.41) is 10.3. The van der Waals surface area contributed by atoms with Crippen LogP contribution in [0.5, 0.6) is 0 Å². The Labute approximate surface area is 518 Å². The zero-order valence-electron chi connectivity index (χ0n) is 54.9. The van der Waals surface area contributed by atoms with Gasteiger partial charge in [-0.2, -0.15) is 4.73 Å². The van der Waals surface area contributed by atoms with Crippen LogP contribution in [0.25, 0.3) is 0 Å². The highest BCUT2D eigenvalue weighted by Crippen LogP contribution is 2.05. The Kier molecular flexibility index (Phi) is 38.5. The Morgan fingerprint density at radius 1 is 0.276 bits per heavy atom. The Hall–Kier alpha value is -9.90. The molecule has 11 rings (SSSR count). The Morgan fingerprint density at radius 2 is 0.736 bits per heavy atom. The van der Waals surface area contributed by atoms with Crippen LogP contribution < -0.4 is 4.73 Å². The molecule has 0 saturated heterocycles. The second-order valence-corrected chi connectivity index (χ2v) is 20.0. The molecule has 0 N–H and O–H groups in total. The quantitative estimate of drug-likeness (QED) is 0.102. The molecule has 11 aromatic heterocycles. The predicted octanol–water partition coefficient (Wildman–Crippen LogP) is 14.3. The second-order valence-electron chi connectivity index (χ2n) is 20.0. The fraction of sp³-hybridized carbons (Fsp3) is 0.286. The molecule has 456 valence electrons. The molecule has 0 atom stereocenters. The number of rotatable bonds is 0. The highest BCUT2D eigenvalue weighted by atomic mass is 16.5. The number of pyridine rings is 6. The molecule has 11 heterocycles. The molecule has 0 aromatic carbocycles. The molecular formula is C70H90N16O. The average molecular weight is 1170 g/mol. The van der Waals surface area contributed by atoms with E-state index in [1.165, 1.54) is 57.7 Å². The van der Waals surface area contributed by atoms with Crippen molar-refractivity contribution in [3.8, 4) is 0 Å². The van der Waals surface area contributed by atoms with Gasteiger partial charge in [0.2, 0.25) is 0 Å². The van der Waals surface area contributed by atoms with Crippen LogP contribution in [-0.4, -0.2) is 74.8 Å². The number of nitrogens with zero attached hydrogens (tertiary/aromatic N) is 16.